The fourth-order valence-corrected chi connectivity index (χ4v) is 2.56. The van der Waals surface area contributed by atoms with Crippen LogP contribution >= 0.6 is 12.4 Å². The van der Waals surface area contributed by atoms with Crippen molar-refractivity contribution in [2.45, 2.75) is 25.3 Å². The van der Waals surface area contributed by atoms with Crippen LogP contribution in [-0.2, 0) is 7.05 Å². The number of piperidine rings is 1. The van der Waals surface area contributed by atoms with E-state index < -0.39 is 4.92 Å². The van der Waals surface area contributed by atoms with Gasteiger partial charge >= 0.3 is 5.82 Å². The van der Waals surface area contributed by atoms with Gasteiger partial charge in [0.15, 0.2) is 5.69 Å². The van der Waals surface area contributed by atoms with Crippen molar-refractivity contribution in [3.05, 3.63) is 27.9 Å². The summed E-state index contributed by atoms with van der Waals surface area (Å²) in [7, 11) is 1.53. The van der Waals surface area contributed by atoms with Crippen LogP contribution in [0.2, 0.25) is 0 Å². The molecule has 1 aliphatic heterocycles. The van der Waals surface area contributed by atoms with Crippen molar-refractivity contribution in [3.63, 3.8) is 0 Å². The van der Waals surface area contributed by atoms with E-state index in [4.69, 9.17) is 5.73 Å². The first-order chi connectivity index (χ1) is 9.06. The van der Waals surface area contributed by atoms with Crippen LogP contribution in [0.4, 0.5) is 5.82 Å². The monoisotopic (exact) mass is 302 g/mol. The summed E-state index contributed by atoms with van der Waals surface area (Å²) in [5.41, 5.74) is 6.03. The number of hydrogen-bond donors (Lipinski definition) is 1. The molecule has 1 aliphatic rings. The van der Waals surface area contributed by atoms with E-state index in [1.54, 1.807) is 4.90 Å². The first kappa shape index (κ1) is 16.5. The normalized spacial score (nSPS) is 18.5. The van der Waals surface area contributed by atoms with Gasteiger partial charge in [-0.2, -0.15) is 0 Å². The maximum atomic E-state index is 12.5. The van der Waals surface area contributed by atoms with Crippen molar-refractivity contribution >= 4 is 24.1 Å². The van der Waals surface area contributed by atoms with E-state index in [1.807, 2.05) is 0 Å². The Morgan fingerprint density at radius 3 is 2.75 bits per heavy atom. The zero-order valence-electron chi connectivity index (χ0n) is 11.3. The lowest BCUT2D eigenvalue weighted by Crippen LogP contribution is -2.47. The average Bonchev–Trinajstić information content (AvgIpc) is 2.80. The number of hydrogen-bond acceptors (Lipinski definition) is 4. The summed E-state index contributed by atoms with van der Waals surface area (Å²) in [4.78, 5) is 24.5. The van der Waals surface area contributed by atoms with Crippen LogP contribution in [0.3, 0.4) is 0 Å². The van der Waals surface area contributed by atoms with Crippen LogP contribution in [0.1, 0.15) is 29.8 Å². The van der Waals surface area contributed by atoms with Gasteiger partial charge in [-0.15, -0.1) is 12.4 Å². The molecule has 0 radical (unpaired) electrons. The molecule has 2 N–H and O–H groups in total. The van der Waals surface area contributed by atoms with Gasteiger partial charge in [-0.25, -0.2) is 4.57 Å². The molecule has 1 aromatic rings. The first-order valence-corrected chi connectivity index (χ1v) is 6.37. The Morgan fingerprint density at radius 2 is 2.20 bits per heavy atom. The Hall–Kier alpha value is -1.60. The quantitative estimate of drug-likeness (QED) is 0.672. The molecule has 0 aromatic carbocycles. The molecule has 2 heterocycles. The summed E-state index contributed by atoms with van der Waals surface area (Å²) in [5.74, 6) is -0.254. The van der Waals surface area contributed by atoms with E-state index in [1.165, 1.54) is 23.7 Å². The van der Waals surface area contributed by atoms with E-state index in [-0.39, 0.29) is 30.2 Å². The lowest BCUT2D eigenvalue weighted by molar-refractivity contribution is -0.391. The summed E-state index contributed by atoms with van der Waals surface area (Å²) in [6.45, 7) is 1.10. The Kier molecular flexibility index (Phi) is 5.52. The third-order valence-electron chi connectivity index (χ3n) is 3.66. The zero-order chi connectivity index (χ0) is 14.0. The number of aromatic nitrogens is 1. The molecular weight excluding hydrogens is 284 g/mol. The number of nitro groups is 1. The maximum Gasteiger partial charge on any atom is 0.323 e. The standard InChI is InChI=1S/C12H18N4O3.ClH/c1-14-10(5-6-11(14)16(18)19)12(17)15-7-3-2-4-9(15)8-13;/h5-6,9H,2-4,7-8,13H2,1H3;1H. The molecule has 2 rings (SSSR count). The molecule has 1 aromatic heterocycles. The molecule has 1 fully saturated rings. The van der Waals surface area contributed by atoms with E-state index in [0.29, 0.717) is 18.8 Å². The number of rotatable bonds is 3. The molecule has 1 amide bonds. The second-order valence-electron chi connectivity index (χ2n) is 4.78. The number of carbonyl (C=O) groups is 1. The van der Waals surface area contributed by atoms with Crippen molar-refractivity contribution in [1.82, 2.24) is 9.47 Å². The van der Waals surface area contributed by atoms with Gasteiger partial charge in [0.05, 0.1) is 7.05 Å². The molecule has 0 aliphatic carbocycles. The largest absolute Gasteiger partial charge is 0.358 e. The van der Waals surface area contributed by atoms with Crippen molar-refractivity contribution in [3.8, 4) is 0 Å². The minimum Gasteiger partial charge on any atom is -0.358 e. The summed E-state index contributed by atoms with van der Waals surface area (Å²) in [6, 6.07) is 2.90. The number of carbonyl (C=O) groups excluding carboxylic acids is 1. The minimum atomic E-state index is -0.493. The fraction of sp³-hybridized carbons (Fsp3) is 0.583. The van der Waals surface area contributed by atoms with Gasteiger partial charge in [0.2, 0.25) is 0 Å². The van der Waals surface area contributed by atoms with Gasteiger partial charge < -0.3 is 20.7 Å². The van der Waals surface area contributed by atoms with E-state index in [9.17, 15) is 14.9 Å². The van der Waals surface area contributed by atoms with Crippen LogP contribution in [0.25, 0.3) is 0 Å². The van der Waals surface area contributed by atoms with Crippen LogP contribution in [-0.4, -0.2) is 39.4 Å². The van der Waals surface area contributed by atoms with E-state index in [2.05, 4.69) is 0 Å². The summed E-state index contributed by atoms with van der Waals surface area (Å²) >= 11 is 0. The van der Waals surface area contributed by atoms with Crippen LogP contribution < -0.4 is 5.73 Å². The van der Waals surface area contributed by atoms with Crippen LogP contribution in [0, 0.1) is 10.1 Å². The summed E-state index contributed by atoms with van der Waals surface area (Å²) in [5, 5.41) is 10.8. The predicted molar refractivity (Wildman–Crippen MR) is 77.0 cm³/mol. The second kappa shape index (κ2) is 6.71. The van der Waals surface area contributed by atoms with E-state index in [0.717, 1.165) is 19.3 Å². The average molecular weight is 303 g/mol. The third kappa shape index (κ3) is 2.94. The summed E-state index contributed by atoms with van der Waals surface area (Å²) < 4.78 is 1.32. The van der Waals surface area contributed by atoms with Crippen molar-refractivity contribution < 1.29 is 9.72 Å². The lowest BCUT2D eigenvalue weighted by Gasteiger charge is -2.34. The number of likely N-dealkylation sites (tertiary alicyclic amines) is 1. The highest BCUT2D eigenvalue weighted by atomic mass is 35.5. The first-order valence-electron chi connectivity index (χ1n) is 6.37. The molecule has 0 spiro atoms. The topological polar surface area (TPSA) is 94.4 Å². The molecule has 20 heavy (non-hydrogen) atoms. The van der Waals surface area contributed by atoms with Gasteiger partial charge in [-0.05, 0) is 30.3 Å². The number of nitrogens with two attached hydrogens (primary N) is 1. The van der Waals surface area contributed by atoms with Gasteiger partial charge in [0, 0.05) is 25.2 Å². The Morgan fingerprint density at radius 1 is 1.50 bits per heavy atom. The number of amides is 1. The molecule has 1 unspecified atom stereocenters. The Balaban J connectivity index is 0.00000200. The third-order valence-corrected chi connectivity index (χ3v) is 3.66. The molecule has 0 bridgehead atoms. The number of halogens is 1. The SMILES string of the molecule is Cl.Cn1c(C(=O)N2CCCCC2CN)ccc1[N+](=O)[O-]. The molecular formula is C12H19ClN4O3. The van der Waals surface area contributed by atoms with Gasteiger partial charge in [-0.3, -0.25) is 4.79 Å². The van der Waals surface area contributed by atoms with Gasteiger partial charge in [-0.1, -0.05) is 0 Å². The highest BCUT2D eigenvalue weighted by Gasteiger charge is 2.30. The molecule has 7 nitrogen and oxygen atoms in total. The van der Waals surface area contributed by atoms with Crippen molar-refractivity contribution in [2.24, 2.45) is 12.8 Å². The van der Waals surface area contributed by atoms with E-state index >= 15 is 0 Å². The maximum absolute atomic E-state index is 12.5. The highest BCUT2D eigenvalue weighted by Crippen LogP contribution is 2.22. The number of nitrogens with zero attached hydrogens (tertiary/aromatic N) is 3. The second-order valence-corrected chi connectivity index (χ2v) is 4.78. The van der Waals surface area contributed by atoms with Gasteiger partial charge in [0.1, 0.15) is 0 Å². The smallest absolute Gasteiger partial charge is 0.323 e. The molecule has 112 valence electrons. The molecule has 8 heteroatoms. The summed E-state index contributed by atoms with van der Waals surface area (Å²) in [6.07, 6.45) is 2.92. The van der Waals surface area contributed by atoms with Crippen molar-refractivity contribution in [1.29, 1.82) is 0 Å². The van der Waals surface area contributed by atoms with Crippen molar-refractivity contribution in [2.75, 3.05) is 13.1 Å². The Labute approximate surface area is 123 Å². The highest BCUT2D eigenvalue weighted by molar-refractivity contribution is 5.93. The Bertz CT molecular complexity index is 503. The molecule has 1 atom stereocenters. The molecule has 1 saturated heterocycles. The predicted octanol–water partition coefficient (Wildman–Crippen LogP) is 1.31. The van der Waals surface area contributed by atoms with Crippen LogP contribution in [0.5, 0.6) is 0 Å². The molecule has 0 saturated carbocycles. The van der Waals surface area contributed by atoms with Gasteiger partial charge in [0.25, 0.3) is 5.91 Å². The minimum absolute atomic E-state index is 0. The zero-order valence-corrected chi connectivity index (χ0v) is 12.1. The lowest BCUT2D eigenvalue weighted by atomic mass is 10.0. The van der Waals surface area contributed by atoms with Crippen LogP contribution in [0.15, 0.2) is 12.1 Å². The fourth-order valence-electron chi connectivity index (χ4n) is 2.56.